The lowest BCUT2D eigenvalue weighted by Gasteiger charge is -2.15. The van der Waals surface area contributed by atoms with Crippen molar-refractivity contribution in [1.82, 2.24) is 14.9 Å². The quantitative estimate of drug-likeness (QED) is 0.406. The Balaban J connectivity index is 1.91. The second kappa shape index (κ2) is 8.54. The molecule has 0 spiro atoms. The van der Waals surface area contributed by atoms with Crippen LogP contribution in [0.5, 0.6) is 0 Å². The van der Waals surface area contributed by atoms with Gasteiger partial charge in [0.15, 0.2) is 0 Å². The molecule has 7 nitrogen and oxygen atoms in total. The van der Waals surface area contributed by atoms with Gasteiger partial charge in [0, 0.05) is 39.0 Å². The molecule has 30 heavy (non-hydrogen) atoms. The third-order valence-electron chi connectivity index (χ3n) is 4.38. The zero-order valence-corrected chi connectivity index (χ0v) is 17.4. The molecule has 0 fully saturated rings. The number of hydrogen-bond acceptors (Lipinski definition) is 5. The Bertz CT molecular complexity index is 1100. The zero-order valence-electron chi connectivity index (χ0n) is 17.4. The predicted octanol–water partition coefficient (Wildman–Crippen LogP) is 3.75. The molecule has 3 aromatic rings. The van der Waals surface area contributed by atoms with Gasteiger partial charge >= 0.3 is 0 Å². The minimum absolute atomic E-state index is 0.184. The molecule has 3 rings (SSSR count). The van der Waals surface area contributed by atoms with Crippen molar-refractivity contribution in [2.45, 2.75) is 26.6 Å². The fourth-order valence-corrected chi connectivity index (χ4v) is 2.99. The first-order chi connectivity index (χ1) is 14.2. The van der Waals surface area contributed by atoms with Gasteiger partial charge in [-0.25, -0.2) is 9.37 Å². The number of halogens is 1. The topological polar surface area (TPSA) is 88.4 Å². The van der Waals surface area contributed by atoms with Gasteiger partial charge in [-0.1, -0.05) is 6.07 Å². The normalized spacial score (nSPS) is 11.8. The lowest BCUT2D eigenvalue weighted by molar-refractivity contribution is -0.135. The van der Waals surface area contributed by atoms with Crippen LogP contribution >= 0.6 is 0 Å². The number of carbonyl (C=O) groups excluding carboxylic acids is 1. The summed E-state index contributed by atoms with van der Waals surface area (Å²) in [6.07, 6.45) is 4.54. The van der Waals surface area contributed by atoms with Gasteiger partial charge < -0.3 is 25.0 Å². The summed E-state index contributed by atoms with van der Waals surface area (Å²) in [7, 11) is 1.76. The molecule has 0 unspecified atom stereocenters. The predicted molar refractivity (Wildman–Crippen MR) is 114 cm³/mol. The Morgan fingerprint density at radius 1 is 1.37 bits per heavy atom. The average molecular weight is 412 g/mol. The molecule has 1 amide bonds. The first-order valence-electron chi connectivity index (χ1n) is 9.47. The molecule has 0 aliphatic rings. The van der Waals surface area contributed by atoms with Gasteiger partial charge in [0.1, 0.15) is 17.3 Å². The minimum Gasteiger partial charge on any atom is -0.471 e. The van der Waals surface area contributed by atoms with E-state index in [4.69, 9.17) is 4.74 Å². The highest BCUT2D eigenvalue weighted by atomic mass is 19.1. The Kier molecular flexibility index (Phi) is 6.07. The van der Waals surface area contributed by atoms with Crippen molar-refractivity contribution in [2.24, 2.45) is 7.05 Å². The lowest BCUT2D eigenvalue weighted by Crippen LogP contribution is -2.25. The van der Waals surface area contributed by atoms with Crippen molar-refractivity contribution < 1.29 is 19.0 Å². The van der Waals surface area contributed by atoms with E-state index < -0.39 is 11.6 Å². The summed E-state index contributed by atoms with van der Waals surface area (Å²) in [5, 5.41) is 16.0. The second-order valence-corrected chi connectivity index (χ2v) is 7.41. The van der Waals surface area contributed by atoms with E-state index in [1.807, 2.05) is 6.92 Å². The smallest absolute Gasteiger partial charge is 0.255 e. The number of aromatic nitrogens is 2. The standard InChI is InChI=1S/C22H25FN4O3/c1-14-8-9-17(16(23)13-14)26-20-18(15-7-5-10-24-19(15)27(20)4)21(28)25-11-6-12-30-22(2,3)29/h5-10,12-13,26,29H,11H2,1-4H3,(H,25,28)/b12-6+. The number of amides is 1. The number of anilines is 2. The van der Waals surface area contributed by atoms with Crippen molar-refractivity contribution in [3.05, 3.63) is 65.8 Å². The summed E-state index contributed by atoms with van der Waals surface area (Å²) in [6, 6.07) is 8.39. The molecule has 0 saturated carbocycles. The Labute approximate surface area is 174 Å². The summed E-state index contributed by atoms with van der Waals surface area (Å²) in [5.74, 6) is -1.62. The average Bonchev–Trinajstić information content (AvgIpc) is 2.95. The van der Waals surface area contributed by atoms with E-state index in [2.05, 4.69) is 15.6 Å². The van der Waals surface area contributed by atoms with Crippen LogP contribution in [-0.4, -0.2) is 32.9 Å². The number of benzene rings is 1. The van der Waals surface area contributed by atoms with Crippen LogP contribution in [0.15, 0.2) is 48.9 Å². The highest BCUT2D eigenvalue weighted by Gasteiger charge is 2.22. The third-order valence-corrected chi connectivity index (χ3v) is 4.38. The van der Waals surface area contributed by atoms with E-state index >= 15 is 0 Å². The molecule has 8 heteroatoms. The van der Waals surface area contributed by atoms with Crippen molar-refractivity contribution in [3.8, 4) is 0 Å². The number of pyridine rings is 1. The fraction of sp³-hybridized carbons (Fsp3) is 0.273. The van der Waals surface area contributed by atoms with Gasteiger partial charge in [-0.05, 0) is 42.8 Å². The van der Waals surface area contributed by atoms with Crippen molar-refractivity contribution in [3.63, 3.8) is 0 Å². The number of hydrogen-bond donors (Lipinski definition) is 3. The molecule has 2 heterocycles. The Hall–Kier alpha value is -3.39. The van der Waals surface area contributed by atoms with E-state index in [0.717, 1.165) is 5.56 Å². The van der Waals surface area contributed by atoms with Gasteiger partial charge in [0.25, 0.3) is 5.91 Å². The summed E-state index contributed by atoms with van der Waals surface area (Å²) < 4.78 is 21.2. The Morgan fingerprint density at radius 3 is 2.83 bits per heavy atom. The first-order valence-corrected chi connectivity index (χ1v) is 9.47. The maximum atomic E-state index is 14.4. The van der Waals surface area contributed by atoms with Gasteiger partial charge in [0.2, 0.25) is 5.79 Å². The van der Waals surface area contributed by atoms with E-state index in [1.165, 1.54) is 26.2 Å². The van der Waals surface area contributed by atoms with Gasteiger partial charge in [-0.15, -0.1) is 0 Å². The highest BCUT2D eigenvalue weighted by molar-refractivity contribution is 6.11. The SMILES string of the molecule is Cc1ccc(Nc2c(C(=O)NC/C=C/OC(C)(C)O)c3cccnc3n2C)c(F)c1. The van der Waals surface area contributed by atoms with Crippen LogP contribution in [-0.2, 0) is 11.8 Å². The number of rotatable bonds is 7. The monoisotopic (exact) mass is 412 g/mol. The summed E-state index contributed by atoms with van der Waals surface area (Å²) in [5.41, 5.74) is 2.02. The van der Waals surface area contributed by atoms with E-state index in [1.54, 1.807) is 48.2 Å². The summed E-state index contributed by atoms with van der Waals surface area (Å²) in [4.78, 5) is 17.3. The lowest BCUT2D eigenvalue weighted by atomic mass is 10.1. The van der Waals surface area contributed by atoms with Crippen LogP contribution < -0.4 is 10.6 Å². The number of carbonyl (C=O) groups is 1. The largest absolute Gasteiger partial charge is 0.471 e. The molecular weight excluding hydrogens is 387 g/mol. The number of nitrogens with one attached hydrogen (secondary N) is 2. The molecule has 0 atom stereocenters. The van der Waals surface area contributed by atoms with Crippen LogP contribution in [0, 0.1) is 12.7 Å². The summed E-state index contributed by atoms with van der Waals surface area (Å²) in [6.45, 7) is 4.99. The van der Waals surface area contributed by atoms with Crippen LogP contribution in [0.1, 0.15) is 29.8 Å². The second-order valence-electron chi connectivity index (χ2n) is 7.41. The van der Waals surface area contributed by atoms with E-state index in [-0.39, 0.29) is 18.1 Å². The van der Waals surface area contributed by atoms with Crippen LogP contribution in [0.2, 0.25) is 0 Å². The minimum atomic E-state index is -1.29. The maximum absolute atomic E-state index is 14.4. The molecule has 158 valence electrons. The molecule has 0 saturated heterocycles. The number of ether oxygens (including phenoxy) is 1. The molecule has 1 aromatic carbocycles. The molecule has 0 bridgehead atoms. The molecule has 0 aliphatic carbocycles. The summed E-state index contributed by atoms with van der Waals surface area (Å²) >= 11 is 0. The van der Waals surface area contributed by atoms with Crippen molar-refractivity contribution >= 4 is 28.4 Å². The van der Waals surface area contributed by atoms with Gasteiger partial charge in [0.05, 0.1) is 17.5 Å². The molecule has 0 radical (unpaired) electrons. The Morgan fingerprint density at radius 2 is 2.13 bits per heavy atom. The molecule has 3 N–H and O–H groups in total. The number of fused-ring (bicyclic) bond motifs is 1. The number of aryl methyl sites for hydroxylation is 2. The first kappa shape index (κ1) is 21.3. The van der Waals surface area contributed by atoms with E-state index in [9.17, 15) is 14.3 Å². The fourth-order valence-electron chi connectivity index (χ4n) is 2.99. The molecular formula is C22H25FN4O3. The number of aliphatic hydroxyl groups is 1. The highest BCUT2D eigenvalue weighted by Crippen LogP contribution is 2.31. The van der Waals surface area contributed by atoms with Gasteiger partial charge in [-0.3, -0.25) is 4.79 Å². The van der Waals surface area contributed by atoms with Crippen molar-refractivity contribution in [1.29, 1.82) is 0 Å². The van der Waals surface area contributed by atoms with Crippen LogP contribution in [0.4, 0.5) is 15.9 Å². The zero-order chi connectivity index (χ0) is 21.9. The van der Waals surface area contributed by atoms with Gasteiger partial charge in [-0.2, -0.15) is 0 Å². The van der Waals surface area contributed by atoms with E-state index in [0.29, 0.717) is 22.4 Å². The third kappa shape index (κ3) is 4.77. The molecule has 2 aromatic heterocycles. The van der Waals surface area contributed by atoms with Crippen molar-refractivity contribution in [2.75, 3.05) is 11.9 Å². The van der Waals surface area contributed by atoms with Crippen LogP contribution in [0.3, 0.4) is 0 Å². The maximum Gasteiger partial charge on any atom is 0.255 e. The molecule has 0 aliphatic heterocycles. The number of nitrogens with zero attached hydrogens (tertiary/aromatic N) is 2. The van der Waals surface area contributed by atoms with Crippen LogP contribution in [0.25, 0.3) is 11.0 Å².